The lowest BCUT2D eigenvalue weighted by Crippen LogP contribution is -2.31. The first-order chi connectivity index (χ1) is 8.24. The average Bonchev–Trinajstić information content (AvgIpc) is 2.77. The van der Waals surface area contributed by atoms with E-state index in [0.29, 0.717) is 6.54 Å². The zero-order chi connectivity index (χ0) is 12.3. The summed E-state index contributed by atoms with van der Waals surface area (Å²) in [4.78, 5) is 11.3. The molecule has 1 aromatic rings. The molecule has 5 nitrogen and oxygen atoms in total. The number of carboxylic acids is 1. The Morgan fingerprint density at radius 3 is 3.00 bits per heavy atom. The van der Waals surface area contributed by atoms with Gasteiger partial charge in [0.05, 0.1) is 12.0 Å². The number of aromatic nitrogens is 2. The van der Waals surface area contributed by atoms with E-state index in [1.807, 2.05) is 10.7 Å². The predicted molar refractivity (Wildman–Crippen MR) is 63.6 cm³/mol. The topological polar surface area (TPSA) is 81.1 Å². The summed E-state index contributed by atoms with van der Waals surface area (Å²) < 4.78 is 1.88. The molecular weight excluding hydrogens is 218 g/mol. The normalized spacial score (nSPS) is 24.8. The Bertz CT molecular complexity index is 389. The molecule has 0 spiro atoms. The van der Waals surface area contributed by atoms with Crippen molar-refractivity contribution in [3.8, 4) is 0 Å². The van der Waals surface area contributed by atoms with Gasteiger partial charge in [-0.2, -0.15) is 5.10 Å². The number of hydrogen-bond acceptors (Lipinski definition) is 3. The molecule has 94 valence electrons. The van der Waals surface area contributed by atoms with Crippen LogP contribution >= 0.6 is 0 Å². The van der Waals surface area contributed by atoms with Crippen molar-refractivity contribution in [1.29, 1.82) is 0 Å². The highest BCUT2D eigenvalue weighted by atomic mass is 16.4. The summed E-state index contributed by atoms with van der Waals surface area (Å²) in [5.41, 5.74) is 6.60. The molecule has 0 radical (unpaired) electrons. The van der Waals surface area contributed by atoms with Crippen molar-refractivity contribution in [3.63, 3.8) is 0 Å². The Labute approximate surface area is 101 Å². The minimum atomic E-state index is -0.705. The lowest BCUT2D eigenvalue weighted by molar-refractivity contribution is -0.144. The lowest BCUT2D eigenvalue weighted by Gasteiger charge is -2.30. The first-order valence-electron chi connectivity index (χ1n) is 6.19. The summed E-state index contributed by atoms with van der Waals surface area (Å²) in [5.74, 6) is -1.01. The molecule has 17 heavy (non-hydrogen) atoms. The Kier molecular flexibility index (Phi) is 3.78. The summed E-state index contributed by atoms with van der Waals surface area (Å²) >= 11 is 0. The van der Waals surface area contributed by atoms with E-state index in [2.05, 4.69) is 5.10 Å². The van der Waals surface area contributed by atoms with Gasteiger partial charge >= 0.3 is 5.97 Å². The number of nitrogens with zero attached hydrogens (tertiary/aromatic N) is 2. The molecule has 0 aromatic carbocycles. The molecule has 2 unspecified atom stereocenters. The summed E-state index contributed by atoms with van der Waals surface area (Å²) in [5, 5.41) is 13.6. The smallest absolute Gasteiger partial charge is 0.308 e. The zero-order valence-corrected chi connectivity index (χ0v) is 9.88. The highest BCUT2D eigenvalue weighted by Gasteiger charge is 2.33. The lowest BCUT2D eigenvalue weighted by atomic mass is 9.84. The van der Waals surface area contributed by atoms with Crippen molar-refractivity contribution in [2.24, 2.45) is 11.7 Å². The van der Waals surface area contributed by atoms with Crippen molar-refractivity contribution >= 4 is 5.97 Å². The molecule has 3 N–H and O–H groups in total. The van der Waals surface area contributed by atoms with Crippen LogP contribution in [0.25, 0.3) is 0 Å². The Morgan fingerprint density at radius 2 is 2.29 bits per heavy atom. The van der Waals surface area contributed by atoms with E-state index in [-0.39, 0.29) is 12.0 Å². The van der Waals surface area contributed by atoms with Crippen LogP contribution in [-0.4, -0.2) is 27.4 Å². The fraction of sp³-hybridized carbons (Fsp3) is 0.667. The number of carboxylic acid groups (broad SMARTS) is 1. The van der Waals surface area contributed by atoms with Crippen LogP contribution in [0.1, 0.15) is 37.4 Å². The minimum absolute atomic E-state index is 0.00204. The summed E-state index contributed by atoms with van der Waals surface area (Å²) in [6.07, 6.45) is 6.22. The third-order valence-electron chi connectivity index (χ3n) is 3.51. The van der Waals surface area contributed by atoms with Crippen LogP contribution < -0.4 is 5.73 Å². The Morgan fingerprint density at radius 1 is 1.53 bits per heavy atom. The van der Waals surface area contributed by atoms with Crippen LogP contribution in [0.4, 0.5) is 0 Å². The molecule has 0 amide bonds. The van der Waals surface area contributed by atoms with Crippen LogP contribution in [0.3, 0.4) is 0 Å². The van der Waals surface area contributed by atoms with Gasteiger partial charge in [-0.05, 0) is 25.5 Å². The molecule has 5 heteroatoms. The van der Waals surface area contributed by atoms with Gasteiger partial charge in [-0.15, -0.1) is 0 Å². The van der Waals surface area contributed by atoms with E-state index in [1.54, 1.807) is 6.20 Å². The predicted octanol–water partition coefficient (Wildman–Crippen LogP) is 1.20. The van der Waals surface area contributed by atoms with Crippen molar-refractivity contribution in [2.45, 2.75) is 38.1 Å². The Hall–Kier alpha value is -1.36. The summed E-state index contributed by atoms with van der Waals surface area (Å²) in [6, 6.07) is 1.93. The molecule has 2 atom stereocenters. The van der Waals surface area contributed by atoms with Gasteiger partial charge in [0, 0.05) is 18.3 Å². The van der Waals surface area contributed by atoms with Gasteiger partial charge in [0.1, 0.15) is 0 Å². The van der Waals surface area contributed by atoms with E-state index < -0.39 is 5.97 Å². The maximum Gasteiger partial charge on any atom is 0.308 e. The first-order valence-corrected chi connectivity index (χ1v) is 6.19. The highest BCUT2D eigenvalue weighted by Crippen LogP contribution is 2.34. The zero-order valence-electron chi connectivity index (χ0n) is 9.88. The number of carbonyl (C=O) groups is 1. The van der Waals surface area contributed by atoms with Gasteiger partial charge in [0.2, 0.25) is 0 Å². The quantitative estimate of drug-likeness (QED) is 0.824. The van der Waals surface area contributed by atoms with Crippen molar-refractivity contribution < 1.29 is 9.90 Å². The second kappa shape index (κ2) is 5.31. The summed E-state index contributed by atoms with van der Waals surface area (Å²) in [6.45, 7) is 0.566. The molecule has 1 aliphatic rings. The second-order valence-electron chi connectivity index (χ2n) is 4.60. The van der Waals surface area contributed by atoms with Gasteiger partial charge in [-0.3, -0.25) is 9.48 Å². The second-order valence-corrected chi connectivity index (χ2v) is 4.60. The SMILES string of the molecule is NCCc1ccnn1C1CCCCC1C(=O)O. The third kappa shape index (κ3) is 2.49. The van der Waals surface area contributed by atoms with E-state index >= 15 is 0 Å². The fourth-order valence-corrected chi connectivity index (χ4v) is 2.68. The number of aliphatic carboxylic acids is 1. The first kappa shape index (κ1) is 12.1. The van der Waals surface area contributed by atoms with Crippen LogP contribution in [0.15, 0.2) is 12.3 Å². The van der Waals surface area contributed by atoms with Crippen molar-refractivity contribution in [1.82, 2.24) is 9.78 Å². The third-order valence-corrected chi connectivity index (χ3v) is 3.51. The monoisotopic (exact) mass is 237 g/mol. The van der Waals surface area contributed by atoms with E-state index in [0.717, 1.165) is 37.8 Å². The minimum Gasteiger partial charge on any atom is -0.481 e. The van der Waals surface area contributed by atoms with Gasteiger partial charge in [0.25, 0.3) is 0 Å². The average molecular weight is 237 g/mol. The van der Waals surface area contributed by atoms with Gasteiger partial charge < -0.3 is 10.8 Å². The molecule has 0 saturated heterocycles. The van der Waals surface area contributed by atoms with Crippen molar-refractivity contribution in [2.75, 3.05) is 6.54 Å². The molecule has 1 saturated carbocycles. The maximum absolute atomic E-state index is 11.3. The van der Waals surface area contributed by atoms with E-state index in [1.165, 1.54) is 0 Å². The van der Waals surface area contributed by atoms with Crippen LogP contribution in [0.2, 0.25) is 0 Å². The molecule has 0 aliphatic heterocycles. The molecule has 1 fully saturated rings. The van der Waals surface area contributed by atoms with Gasteiger partial charge in [0.15, 0.2) is 0 Å². The number of rotatable bonds is 4. The summed E-state index contributed by atoms with van der Waals surface area (Å²) in [7, 11) is 0. The molecule has 1 aromatic heterocycles. The molecule has 1 heterocycles. The van der Waals surface area contributed by atoms with Crippen LogP contribution in [-0.2, 0) is 11.2 Å². The largest absolute Gasteiger partial charge is 0.481 e. The molecule has 1 aliphatic carbocycles. The fourth-order valence-electron chi connectivity index (χ4n) is 2.68. The Balaban J connectivity index is 2.23. The number of nitrogens with two attached hydrogens (primary N) is 1. The van der Waals surface area contributed by atoms with Crippen LogP contribution in [0, 0.1) is 5.92 Å². The van der Waals surface area contributed by atoms with Gasteiger partial charge in [-0.25, -0.2) is 0 Å². The molecule has 0 bridgehead atoms. The van der Waals surface area contributed by atoms with Gasteiger partial charge in [-0.1, -0.05) is 12.8 Å². The van der Waals surface area contributed by atoms with E-state index in [4.69, 9.17) is 5.73 Å². The molecule has 2 rings (SSSR count). The van der Waals surface area contributed by atoms with E-state index in [9.17, 15) is 9.90 Å². The van der Waals surface area contributed by atoms with Crippen molar-refractivity contribution in [3.05, 3.63) is 18.0 Å². The van der Waals surface area contributed by atoms with Crippen LogP contribution in [0.5, 0.6) is 0 Å². The standard InChI is InChI=1S/C12H19N3O2/c13-7-5-9-6-8-14-15(9)11-4-2-1-3-10(11)12(16)17/h6,8,10-11H,1-5,7,13H2,(H,16,17). The number of hydrogen-bond donors (Lipinski definition) is 2. The maximum atomic E-state index is 11.3. The molecular formula is C12H19N3O2. The highest BCUT2D eigenvalue weighted by molar-refractivity contribution is 5.70.